The van der Waals surface area contributed by atoms with Crippen molar-refractivity contribution in [3.8, 4) is 0 Å². The van der Waals surface area contributed by atoms with E-state index in [0.717, 1.165) is 17.7 Å². The predicted molar refractivity (Wildman–Crippen MR) is 76.6 cm³/mol. The van der Waals surface area contributed by atoms with E-state index >= 15 is 0 Å². The van der Waals surface area contributed by atoms with E-state index in [-0.39, 0.29) is 11.4 Å². The Balaban J connectivity index is 2.51. The average Bonchev–Trinajstić information content (AvgIpc) is 2.42. The van der Waals surface area contributed by atoms with Gasteiger partial charge in [0.15, 0.2) is 9.84 Å². The molecule has 0 bridgehead atoms. The van der Waals surface area contributed by atoms with Crippen molar-refractivity contribution in [3.05, 3.63) is 65.5 Å². The van der Waals surface area contributed by atoms with Crippen LogP contribution in [0.5, 0.6) is 0 Å². The molecule has 0 amide bonds. The molecule has 0 aliphatic carbocycles. The van der Waals surface area contributed by atoms with E-state index in [0.29, 0.717) is 5.56 Å². The molecule has 0 spiro atoms. The maximum atomic E-state index is 12.9. The summed E-state index contributed by atoms with van der Waals surface area (Å²) in [4.78, 5) is 0.0811. The van der Waals surface area contributed by atoms with Crippen LogP contribution in [0, 0.1) is 12.7 Å². The molecule has 0 aromatic heterocycles. The molecule has 0 radical (unpaired) electrons. The van der Waals surface area contributed by atoms with E-state index in [4.69, 9.17) is 5.73 Å². The van der Waals surface area contributed by atoms with Crippen molar-refractivity contribution in [2.24, 2.45) is 5.73 Å². The van der Waals surface area contributed by atoms with Crippen LogP contribution in [0.25, 0.3) is 0 Å². The molecular formula is C15H16FNO2S. The van der Waals surface area contributed by atoms with Crippen LogP contribution >= 0.6 is 0 Å². The van der Waals surface area contributed by atoms with Crippen LogP contribution in [0.2, 0.25) is 0 Å². The van der Waals surface area contributed by atoms with Gasteiger partial charge < -0.3 is 5.73 Å². The van der Waals surface area contributed by atoms with Crippen LogP contribution in [0.3, 0.4) is 0 Å². The number of hydrogen-bond donors (Lipinski definition) is 1. The summed E-state index contributed by atoms with van der Waals surface area (Å²) in [7, 11) is -3.64. The highest BCUT2D eigenvalue weighted by molar-refractivity contribution is 7.91. The van der Waals surface area contributed by atoms with Gasteiger partial charge in [-0.2, -0.15) is 0 Å². The van der Waals surface area contributed by atoms with Crippen LogP contribution in [0.15, 0.2) is 53.4 Å². The Hall–Kier alpha value is -1.72. The lowest BCUT2D eigenvalue weighted by molar-refractivity contribution is 0.581. The van der Waals surface area contributed by atoms with Crippen LogP contribution in [-0.4, -0.2) is 15.0 Å². The summed E-state index contributed by atoms with van der Waals surface area (Å²) in [6.45, 7) is 1.82. The zero-order valence-electron chi connectivity index (χ0n) is 11.1. The summed E-state index contributed by atoms with van der Waals surface area (Å²) >= 11 is 0. The topological polar surface area (TPSA) is 60.2 Å². The summed E-state index contributed by atoms with van der Waals surface area (Å²) in [5.41, 5.74) is 7.22. The average molecular weight is 293 g/mol. The monoisotopic (exact) mass is 293 g/mol. The first kappa shape index (κ1) is 14.7. The molecule has 3 nitrogen and oxygen atoms in total. The highest BCUT2D eigenvalue weighted by Crippen LogP contribution is 2.30. The molecule has 0 aliphatic rings. The second-order valence-electron chi connectivity index (χ2n) is 4.58. The molecule has 2 aromatic carbocycles. The second-order valence-corrected chi connectivity index (χ2v) is 6.71. The fourth-order valence-electron chi connectivity index (χ4n) is 2.16. The van der Waals surface area contributed by atoms with Gasteiger partial charge in [-0.1, -0.05) is 24.3 Å². The summed E-state index contributed by atoms with van der Waals surface area (Å²) in [5.74, 6) is -0.468. The second kappa shape index (κ2) is 5.73. The normalized spacial score (nSPS) is 13.2. The molecule has 2 rings (SSSR count). The molecule has 0 fully saturated rings. The molecule has 20 heavy (non-hydrogen) atoms. The van der Waals surface area contributed by atoms with Crippen molar-refractivity contribution in [1.29, 1.82) is 0 Å². The van der Waals surface area contributed by atoms with Crippen molar-refractivity contribution in [2.45, 2.75) is 17.1 Å². The zero-order valence-corrected chi connectivity index (χ0v) is 11.9. The molecule has 0 aliphatic heterocycles. The van der Waals surface area contributed by atoms with Crippen LogP contribution in [0.1, 0.15) is 16.4 Å². The van der Waals surface area contributed by atoms with Gasteiger partial charge in [0.1, 0.15) is 11.1 Å². The minimum absolute atomic E-state index is 0.0233. The van der Waals surface area contributed by atoms with Gasteiger partial charge in [-0.25, -0.2) is 12.8 Å². The SMILES string of the molecule is Cc1ccccc1C(CN)S(=O)(=O)c1ccc(F)cc1. The lowest BCUT2D eigenvalue weighted by atomic mass is 10.1. The number of halogens is 1. The molecule has 0 heterocycles. The first-order valence-electron chi connectivity index (χ1n) is 6.22. The highest BCUT2D eigenvalue weighted by Gasteiger charge is 2.28. The van der Waals surface area contributed by atoms with Gasteiger partial charge in [0.05, 0.1) is 4.90 Å². The minimum atomic E-state index is -3.64. The predicted octanol–water partition coefficient (Wildman–Crippen LogP) is 2.61. The van der Waals surface area contributed by atoms with Crippen molar-refractivity contribution < 1.29 is 12.8 Å². The van der Waals surface area contributed by atoms with Gasteiger partial charge in [-0.15, -0.1) is 0 Å². The molecule has 2 N–H and O–H groups in total. The van der Waals surface area contributed by atoms with E-state index in [1.165, 1.54) is 12.1 Å². The first-order chi connectivity index (χ1) is 9.46. The summed E-state index contributed by atoms with van der Waals surface area (Å²) in [5, 5.41) is -0.825. The first-order valence-corrected chi connectivity index (χ1v) is 7.76. The van der Waals surface area contributed by atoms with Crippen LogP contribution < -0.4 is 5.73 Å². The highest BCUT2D eigenvalue weighted by atomic mass is 32.2. The van der Waals surface area contributed by atoms with Crippen LogP contribution in [-0.2, 0) is 9.84 Å². The lowest BCUT2D eigenvalue weighted by Gasteiger charge is -2.18. The number of rotatable bonds is 4. The third-order valence-electron chi connectivity index (χ3n) is 3.27. The van der Waals surface area contributed by atoms with Crippen molar-refractivity contribution in [3.63, 3.8) is 0 Å². The Morgan fingerprint density at radius 1 is 1.10 bits per heavy atom. The third-order valence-corrected chi connectivity index (χ3v) is 5.39. The number of nitrogens with two attached hydrogens (primary N) is 1. The van der Waals surface area contributed by atoms with Crippen LogP contribution in [0.4, 0.5) is 4.39 Å². The molecule has 1 atom stereocenters. The van der Waals surface area contributed by atoms with E-state index in [2.05, 4.69) is 0 Å². The lowest BCUT2D eigenvalue weighted by Crippen LogP contribution is -2.23. The van der Waals surface area contributed by atoms with E-state index in [1.807, 2.05) is 19.1 Å². The number of aryl methyl sites for hydroxylation is 1. The van der Waals surface area contributed by atoms with E-state index in [1.54, 1.807) is 12.1 Å². The summed E-state index contributed by atoms with van der Waals surface area (Å²) in [6.07, 6.45) is 0. The minimum Gasteiger partial charge on any atom is -0.329 e. The Labute approximate surface area is 118 Å². The summed E-state index contributed by atoms with van der Waals surface area (Å²) < 4.78 is 38.2. The molecule has 106 valence electrons. The third kappa shape index (κ3) is 2.73. The standard InChI is InChI=1S/C15H16FNO2S/c1-11-4-2-3-5-14(11)15(10-17)20(18,19)13-8-6-12(16)7-9-13/h2-9,15H,10,17H2,1H3. The quantitative estimate of drug-likeness (QED) is 0.881. The van der Waals surface area contributed by atoms with Crippen molar-refractivity contribution >= 4 is 9.84 Å². The fraction of sp³-hybridized carbons (Fsp3) is 0.200. The van der Waals surface area contributed by atoms with Gasteiger partial charge in [0.25, 0.3) is 0 Å². The van der Waals surface area contributed by atoms with Crippen molar-refractivity contribution in [2.75, 3.05) is 6.54 Å². The Kier molecular flexibility index (Phi) is 4.20. The Bertz CT molecular complexity index is 696. The van der Waals surface area contributed by atoms with E-state index in [9.17, 15) is 12.8 Å². The maximum Gasteiger partial charge on any atom is 0.186 e. The number of benzene rings is 2. The van der Waals surface area contributed by atoms with Gasteiger partial charge >= 0.3 is 0 Å². The Morgan fingerprint density at radius 2 is 1.70 bits per heavy atom. The van der Waals surface area contributed by atoms with Gasteiger partial charge in [0, 0.05) is 6.54 Å². The van der Waals surface area contributed by atoms with Gasteiger partial charge in [-0.05, 0) is 42.3 Å². The molecule has 2 aromatic rings. The Morgan fingerprint density at radius 3 is 2.25 bits per heavy atom. The molecule has 0 saturated heterocycles. The number of hydrogen-bond acceptors (Lipinski definition) is 3. The zero-order chi connectivity index (χ0) is 14.8. The molecule has 1 unspecified atom stereocenters. The summed E-state index contributed by atoms with van der Waals surface area (Å²) in [6, 6.07) is 12.0. The number of sulfone groups is 1. The molecule has 0 saturated carbocycles. The maximum absolute atomic E-state index is 12.9. The molecule has 5 heteroatoms. The van der Waals surface area contributed by atoms with Gasteiger partial charge in [-0.3, -0.25) is 0 Å². The largest absolute Gasteiger partial charge is 0.329 e. The van der Waals surface area contributed by atoms with Crippen molar-refractivity contribution in [1.82, 2.24) is 0 Å². The smallest absolute Gasteiger partial charge is 0.186 e. The van der Waals surface area contributed by atoms with Gasteiger partial charge in [0.2, 0.25) is 0 Å². The molecular weight excluding hydrogens is 277 g/mol. The fourth-order valence-corrected chi connectivity index (χ4v) is 3.85. The van der Waals surface area contributed by atoms with E-state index < -0.39 is 20.9 Å².